The lowest BCUT2D eigenvalue weighted by molar-refractivity contribution is -0.134. The van der Waals surface area contributed by atoms with Gasteiger partial charge in [-0.25, -0.2) is 19.6 Å². The van der Waals surface area contributed by atoms with Gasteiger partial charge in [0.05, 0.1) is 55.8 Å². The summed E-state index contributed by atoms with van der Waals surface area (Å²) < 4.78 is 9.51. The third-order valence-corrected chi connectivity index (χ3v) is 11.2. The molecule has 3 aliphatic heterocycles. The number of anilines is 1. The highest BCUT2D eigenvalue weighted by Crippen LogP contribution is 2.44. The fourth-order valence-corrected chi connectivity index (χ4v) is 8.23. The second-order valence-electron chi connectivity index (χ2n) is 14.4. The number of methoxy groups -OCH3 is 2. The van der Waals surface area contributed by atoms with Crippen molar-refractivity contribution < 1.29 is 28.7 Å². The standard InChI is InChI=1S/C42H44N8O6/c1-4-30(47-41(53)55-2)39(51)49-20-6-9-34(49)37-43-22-32(45-37)26-14-10-24(11-15-26)25-12-16-27(17-13-25)33-23-44-38(46-33)35-21-29-8-5-7-28-18-19-31(48-42(54)56-3)40(52)50(35)36(28)29/h5,7-8,10-17,22-23,30-31,34-35H,4,6,9,18-21H2,1-3H3,(H,43,45)(H,44,46)(H,47,53)(H,48,54)/t30-,31-,34-,35-/m0/s1. The summed E-state index contributed by atoms with van der Waals surface area (Å²) in [4.78, 5) is 71.1. The number of carbonyl (C=O) groups excluding carboxylic acids is 4. The number of para-hydroxylation sites is 1. The Kier molecular flexibility index (Phi) is 10.0. The van der Waals surface area contributed by atoms with E-state index in [9.17, 15) is 19.2 Å². The zero-order valence-electron chi connectivity index (χ0n) is 31.5. The van der Waals surface area contributed by atoms with Crippen LogP contribution in [0.15, 0.2) is 79.1 Å². The van der Waals surface area contributed by atoms with Crippen molar-refractivity contribution in [3.05, 3.63) is 102 Å². The third kappa shape index (κ3) is 6.86. The normalized spacial score (nSPS) is 19.3. The number of imidazole rings is 2. The molecule has 0 bridgehead atoms. The zero-order valence-corrected chi connectivity index (χ0v) is 31.5. The third-order valence-electron chi connectivity index (χ3n) is 11.2. The highest BCUT2D eigenvalue weighted by Gasteiger charge is 2.43. The van der Waals surface area contributed by atoms with Crippen LogP contribution in [0.2, 0.25) is 0 Å². The maximum Gasteiger partial charge on any atom is 0.407 e. The molecule has 14 nitrogen and oxygen atoms in total. The molecule has 0 unspecified atom stereocenters. The van der Waals surface area contributed by atoms with Crippen LogP contribution in [0.1, 0.15) is 67.5 Å². The fraction of sp³-hybridized carbons (Fsp3) is 0.333. The number of nitrogens with zero attached hydrogens (tertiary/aromatic N) is 4. The van der Waals surface area contributed by atoms with Crippen LogP contribution in [0, 0.1) is 0 Å². The minimum Gasteiger partial charge on any atom is -0.453 e. The molecule has 5 aromatic rings. The van der Waals surface area contributed by atoms with Crippen LogP contribution in [0.5, 0.6) is 0 Å². The van der Waals surface area contributed by atoms with Gasteiger partial charge < -0.3 is 35.0 Å². The Morgan fingerprint density at radius 3 is 2.00 bits per heavy atom. The van der Waals surface area contributed by atoms with Gasteiger partial charge in [0, 0.05) is 13.0 Å². The van der Waals surface area contributed by atoms with Gasteiger partial charge in [-0.15, -0.1) is 0 Å². The van der Waals surface area contributed by atoms with Crippen LogP contribution in [-0.2, 0) is 31.9 Å². The van der Waals surface area contributed by atoms with E-state index in [0.717, 1.165) is 69.1 Å². The van der Waals surface area contributed by atoms with Gasteiger partial charge in [0.15, 0.2) is 0 Å². The van der Waals surface area contributed by atoms with Crippen molar-refractivity contribution in [3.63, 3.8) is 0 Å². The molecule has 288 valence electrons. The summed E-state index contributed by atoms with van der Waals surface area (Å²) in [6.45, 7) is 2.46. The van der Waals surface area contributed by atoms with Crippen LogP contribution in [0.25, 0.3) is 33.6 Å². The Bertz CT molecular complexity index is 2260. The first-order valence-corrected chi connectivity index (χ1v) is 19.0. The van der Waals surface area contributed by atoms with Gasteiger partial charge in [-0.2, -0.15) is 0 Å². The number of likely N-dealkylation sites (tertiary alicyclic amines) is 1. The molecule has 0 radical (unpaired) electrons. The Morgan fingerprint density at radius 1 is 0.804 bits per heavy atom. The van der Waals surface area contributed by atoms with Gasteiger partial charge in [-0.1, -0.05) is 73.7 Å². The SMILES string of the molecule is CC[C@H](NC(=O)OC)C(=O)N1CCC[C@H]1c1ncc(-c2ccc(-c3ccc(-c4cnc([C@@H]5Cc6cccc7c6N5C(=O)[C@@H](NC(=O)OC)CC7)[nH]4)cc3)cc2)[nH]1. The van der Waals surface area contributed by atoms with Crippen LogP contribution < -0.4 is 15.5 Å². The second-order valence-corrected chi connectivity index (χ2v) is 14.4. The number of aryl methyl sites for hydroxylation is 1. The van der Waals surface area contributed by atoms with E-state index in [1.807, 2.05) is 31.2 Å². The Morgan fingerprint density at radius 2 is 1.39 bits per heavy atom. The largest absolute Gasteiger partial charge is 0.453 e. The van der Waals surface area contributed by atoms with E-state index in [2.05, 4.69) is 68.1 Å². The minimum atomic E-state index is -0.700. The topological polar surface area (TPSA) is 175 Å². The number of benzene rings is 3. The number of hydrogen-bond acceptors (Lipinski definition) is 8. The Labute approximate surface area is 324 Å². The number of aromatic amines is 2. The van der Waals surface area contributed by atoms with Crippen molar-refractivity contribution >= 4 is 29.7 Å². The number of aromatic nitrogens is 4. The minimum absolute atomic E-state index is 0.140. The molecule has 1 saturated heterocycles. The molecule has 4 atom stereocenters. The monoisotopic (exact) mass is 756 g/mol. The molecule has 56 heavy (non-hydrogen) atoms. The quantitative estimate of drug-likeness (QED) is 0.137. The Balaban J connectivity index is 0.950. The van der Waals surface area contributed by atoms with Gasteiger partial charge in [0.1, 0.15) is 23.7 Å². The molecule has 0 saturated carbocycles. The smallest absolute Gasteiger partial charge is 0.407 e. The number of H-pyrrole nitrogens is 2. The van der Waals surface area contributed by atoms with Crippen molar-refractivity contribution in [1.82, 2.24) is 35.5 Å². The van der Waals surface area contributed by atoms with Gasteiger partial charge in [0.25, 0.3) is 0 Å². The van der Waals surface area contributed by atoms with E-state index in [1.54, 1.807) is 22.2 Å². The molecule has 5 heterocycles. The van der Waals surface area contributed by atoms with Gasteiger partial charge >= 0.3 is 12.2 Å². The predicted molar refractivity (Wildman–Crippen MR) is 208 cm³/mol. The number of nitrogens with one attached hydrogen (secondary N) is 4. The van der Waals surface area contributed by atoms with Gasteiger partial charge in [0.2, 0.25) is 11.8 Å². The highest BCUT2D eigenvalue weighted by atomic mass is 16.5. The van der Waals surface area contributed by atoms with Crippen LogP contribution in [0.4, 0.5) is 15.3 Å². The lowest BCUT2D eigenvalue weighted by Crippen LogP contribution is -2.48. The van der Waals surface area contributed by atoms with E-state index in [-0.39, 0.29) is 23.9 Å². The van der Waals surface area contributed by atoms with E-state index in [1.165, 1.54) is 14.2 Å². The highest BCUT2D eigenvalue weighted by molar-refractivity contribution is 6.02. The predicted octanol–water partition coefficient (Wildman–Crippen LogP) is 6.23. The summed E-state index contributed by atoms with van der Waals surface area (Å²) in [5, 5.41) is 5.37. The number of ether oxygens (including phenoxy) is 2. The first kappa shape index (κ1) is 36.5. The molecule has 14 heteroatoms. The molecule has 8 rings (SSSR count). The summed E-state index contributed by atoms with van der Waals surface area (Å²) >= 11 is 0. The van der Waals surface area contributed by atoms with Crippen molar-refractivity contribution in [1.29, 1.82) is 0 Å². The van der Waals surface area contributed by atoms with Crippen molar-refractivity contribution in [2.75, 3.05) is 25.7 Å². The van der Waals surface area contributed by atoms with E-state index < -0.39 is 24.3 Å². The number of alkyl carbamates (subject to hydrolysis) is 2. The summed E-state index contributed by atoms with van der Waals surface area (Å²) in [6, 6.07) is 20.7. The van der Waals surface area contributed by atoms with Crippen molar-refractivity contribution in [3.8, 4) is 33.6 Å². The number of amides is 4. The summed E-state index contributed by atoms with van der Waals surface area (Å²) in [6.07, 6.45) is 6.21. The summed E-state index contributed by atoms with van der Waals surface area (Å²) in [7, 11) is 2.58. The van der Waals surface area contributed by atoms with Crippen LogP contribution >= 0.6 is 0 Å². The molecule has 0 aliphatic carbocycles. The van der Waals surface area contributed by atoms with E-state index in [0.29, 0.717) is 38.1 Å². The molecule has 2 aromatic heterocycles. The van der Waals surface area contributed by atoms with Crippen LogP contribution in [-0.4, -0.2) is 81.7 Å². The molecular weight excluding hydrogens is 713 g/mol. The van der Waals surface area contributed by atoms with Crippen molar-refractivity contribution in [2.24, 2.45) is 0 Å². The maximum atomic E-state index is 13.9. The first-order valence-electron chi connectivity index (χ1n) is 19.0. The molecule has 4 N–H and O–H groups in total. The molecule has 4 amide bonds. The molecular formula is C42H44N8O6. The average molecular weight is 757 g/mol. The van der Waals surface area contributed by atoms with E-state index >= 15 is 0 Å². The molecule has 3 aromatic carbocycles. The lowest BCUT2D eigenvalue weighted by atomic mass is 10.0. The fourth-order valence-electron chi connectivity index (χ4n) is 8.23. The van der Waals surface area contributed by atoms with Crippen LogP contribution in [0.3, 0.4) is 0 Å². The molecule has 0 spiro atoms. The number of hydrogen-bond donors (Lipinski definition) is 4. The summed E-state index contributed by atoms with van der Waals surface area (Å²) in [5.74, 6) is 1.09. The maximum absolute atomic E-state index is 13.9. The number of carbonyl (C=O) groups is 4. The lowest BCUT2D eigenvalue weighted by Gasteiger charge is -2.27. The average Bonchev–Trinajstić information content (AvgIpc) is 4.06. The molecule has 1 fully saturated rings. The van der Waals surface area contributed by atoms with Gasteiger partial charge in [-0.05, 0) is 65.5 Å². The second kappa shape index (κ2) is 15.4. The Hall–Kier alpha value is -6.44. The first-order chi connectivity index (χ1) is 27.3. The number of rotatable bonds is 9. The summed E-state index contributed by atoms with van der Waals surface area (Å²) in [5.41, 5.74) is 8.82. The zero-order chi connectivity index (χ0) is 38.9. The van der Waals surface area contributed by atoms with Crippen molar-refractivity contribution in [2.45, 2.75) is 69.6 Å². The van der Waals surface area contributed by atoms with E-state index in [4.69, 9.17) is 14.5 Å². The van der Waals surface area contributed by atoms with Gasteiger partial charge in [-0.3, -0.25) is 14.5 Å². The molecule has 3 aliphatic rings.